The minimum Gasteiger partial charge on any atom is -0.353 e. The molecule has 0 atom stereocenters. The maximum Gasteiger partial charge on any atom is 0.259 e. The van der Waals surface area contributed by atoms with Crippen molar-refractivity contribution < 1.29 is 18.4 Å². The van der Waals surface area contributed by atoms with Crippen LogP contribution in [0.2, 0.25) is 0 Å². The summed E-state index contributed by atoms with van der Waals surface area (Å²) in [5.74, 6) is -2.64. The van der Waals surface area contributed by atoms with Crippen molar-refractivity contribution in [3.8, 4) is 11.1 Å². The van der Waals surface area contributed by atoms with Gasteiger partial charge in [-0.25, -0.2) is 8.78 Å². The molecule has 32 heavy (non-hydrogen) atoms. The summed E-state index contributed by atoms with van der Waals surface area (Å²) >= 11 is 0. The average Bonchev–Trinajstić information content (AvgIpc) is 3.42. The van der Waals surface area contributed by atoms with Gasteiger partial charge in [-0.1, -0.05) is 12.1 Å². The zero-order chi connectivity index (χ0) is 22.5. The first kappa shape index (κ1) is 20.6. The third kappa shape index (κ3) is 3.62. The van der Waals surface area contributed by atoms with Crippen LogP contribution in [0.3, 0.4) is 0 Å². The van der Waals surface area contributed by atoms with Gasteiger partial charge in [0.05, 0.1) is 11.1 Å². The lowest BCUT2D eigenvalue weighted by molar-refractivity contribution is -0.124. The average molecular weight is 439 g/mol. The summed E-state index contributed by atoms with van der Waals surface area (Å²) in [4.78, 5) is 26.6. The molecule has 1 saturated heterocycles. The minimum atomic E-state index is -0.915. The highest BCUT2D eigenvalue weighted by atomic mass is 19.1. The lowest BCUT2D eigenvalue weighted by atomic mass is 10.0. The summed E-state index contributed by atoms with van der Waals surface area (Å²) in [6, 6.07) is 7.72. The number of hydrogen-bond donors (Lipinski definition) is 2. The predicted octanol–water partition coefficient (Wildman–Crippen LogP) is 2.21. The van der Waals surface area contributed by atoms with Gasteiger partial charge in [0.25, 0.3) is 5.91 Å². The standard InChI is InChI=1S/C23H23F2N5O2/c1-29-13-15-3-2-14(12-19(15)28-29)16-10-17(24)20(18(25)11-16)21(31)30-8-6-26-22(32)23(4-5-23)27-7-9-30/h2-3,10-13,27H,4-9H2,1H3,(H,26,32). The van der Waals surface area contributed by atoms with E-state index < -0.39 is 28.6 Å². The van der Waals surface area contributed by atoms with Crippen LogP contribution in [0.1, 0.15) is 23.2 Å². The first-order chi connectivity index (χ1) is 15.4. The van der Waals surface area contributed by atoms with Crippen LogP contribution in [-0.4, -0.2) is 58.2 Å². The minimum absolute atomic E-state index is 0.0848. The monoisotopic (exact) mass is 439 g/mol. The molecule has 1 aliphatic carbocycles. The first-order valence-electron chi connectivity index (χ1n) is 10.6. The van der Waals surface area contributed by atoms with Crippen LogP contribution in [0.15, 0.2) is 36.5 Å². The van der Waals surface area contributed by atoms with Crippen LogP contribution >= 0.6 is 0 Å². The fraction of sp³-hybridized carbons (Fsp3) is 0.348. The van der Waals surface area contributed by atoms with Crippen molar-refractivity contribution in [2.24, 2.45) is 7.05 Å². The fourth-order valence-corrected chi connectivity index (χ4v) is 4.25. The molecule has 1 saturated carbocycles. The van der Waals surface area contributed by atoms with Crippen LogP contribution in [0.5, 0.6) is 0 Å². The van der Waals surface area contributed by atoms with Gasteiger partial charge in [-0.2, -0.15) is 5.10 Å². The number of rotatable bonds is 2. The number of nitrogens with one attached hydrogen (secondary N) is 2. The summed E-state index contributed by atoms with van der Waals surface area (Å²) in [7, 11) is 1.80. The van der Waals surface area contributed by atoms with Crippen molar-refractivity contribution in [1.82, 2.24) is 25.3 Å². The van der Waals surface area contributed by atoms with Crippen molar-refractivity contribution in [3.63, 3.8) is 0 Å². The van der Waals surface area contributed by atoms with E-state index in [1.165, 1.54) is 17.0 Å². The second kappa shape index (κ2) is 7.67. The van der Waals surface area contributed by atoms with Gasteiger partial charge in [-0.05, 0) is 42.2 Å². The molecule has 0 unspecified atom stereocenters. The summed E-state index contributed by atoms with van der Waals surface area (Å²) in [5.41, 5.74) is 0.520. The molecule has 1 aromatic heterocycles. The van der Waals surface area contributed by atoms with Crippen molar-refractivity contribution in [2.45, 2.75) is 18.4 Å². The van der Waals surface area contributed by atoms with Gasteiger partial charge in [0, 0.05) is 44.8 Å². The molecule has 5 rings (SSSR count). The van der Waals surface area contributed by atoms with E-state index in [9.17, 15) is 18.4 Å². The third-order valence-electron chi connectivity index (χ3n) is 6.20. The number of carbonyl (C=O) groups excluding carboxylic acids is 2. The Labute approximate surface area is 183 Å². The Kier molecular flexibility index (Phi) is 4.93. The number of benzene rings is 2. The number of fused-ring (bicyclic) bond motifs is 1. The lowest BCUT2D eigenvalue weighted by Gasteiger charge is -2.22. The topological polar surface area (TPSA) is 79.3 Å². The number of aromatic nitrogens is 2. The maximum absolute atomic E-state index is 15.0. The molecule has 2 fully saturated rings. The lowest BCUT2D eigenvalue weighted by Crippen LogP contribution is -2.46. The Morgan fingerprint density at radius 3 is 2.50 bits per heavy atom. The molecular weight excluding hydrogens is 416 g/mol. The van der Waals surface area contributed by atoms with Crippen LogP contribution < -0.4 is 10.6 Å². The Morgan fingerprint density at radius 2 is 1.78 bits per heavy atom. The summed E-state index contributed by atoms with van der Waals surface area (Å²) < 4.78 is 31.6. The van der Waals surface area contributed by atoms with E-state index in [-0.39, 0.29) is 25.5 Å². The number of nitrogens with zero attached hydrogens (tertiary/aromatic N) is 3. The summed E-state index contributed by atoms with van der Waals surface area (Å²) in [5, 5.41) is 11.2. The molecular formula is C23H23F2N5O2. The van der Waals surface area contributed by atoms with Crippen LogP contribution in [0, 0.1) is 11.6 Å². The quantitative estimate of drug-likeness (QED) is 0.642. The van der Waals surface area contributed by atoms with E-state index in [0.717, 1.165) is 18.2 Å². The smallest absolute Gasteiger partial charge is 0.259 e. The Hall–Kier alpha value is -3.33. The van der Waals surface area contributed by atoms with Gasteiger partial charge in [0.2, 0.25) is 5.91 Å². The van der Waals surface area contributed by atoms with Crippen LogP contribution in [0.4, 0.5) is 8.78 Å². The number of carbonyl (C=O) groups is 2. The van der Waals surface area contributed by atoms with Crippen molar-refractivity contribution in [1.29, 1.82) is 0 Å². The molecule has 2 amide bonds. The molecule has 1 aliphatic heterocycles. The highest BCUT2D eigenvalue weighted by Crippen LogP contribution is 2.35. The molecule has 1 spiro atoms. The van der Waals surface area contributed by atoms with Gasteiger partial charge in [0.1, 0.15) is 17.2 Å². The fourth-order valence-electron chi connectivity index (χ4n) is 4.25. The maximum atomic E-state index is 15.0. The molecule has 9 heteroatoms. The molecule has 2 aromatic carbocycles. The second-order valence-electron chi connectivity index (χ2n) is 8.45. The second-order valence-corrected chi connectivity index (χ2v) is 8.45. The Bertz CT molecular complexity index is 1210. The largest absolute Gasteiger partial charge is 0.353 e. The number of halogens is 2. The number of amides is 2. The summed E-state index contributed by atoms with van der Waals surface area (Å²) in [6.07, 6.45) is 3.36. The van der Waals surface area contributed by atoms with Gasteiger partial charge in [0.15, 0.2) is 0 Å². The van der Waals surface area contributed by atoms with Crippen molar-refractivity contribution >= 4 is 22.7 Å². The normalized spacial score (nSPS) is 18.2. The summed E-state index contributed by atoms with van der Waals surface area (Å²) in [6.45, 7) is 1.05. The molecule has 7 nitrogen and oxygen atoms in total. The van der Waals surface area contributed by atoms with E-state index >= 15 is 0 Å². The molecule has 0 radical (unpaired) electrons. The van der Waals surface area contributed by atoms with Gasteiger partial charge < -0.3 is 15.5 Å². The molecule has 2 aliphatic rings. The van der Waals surface area contributed by atoms with Gasteiger partial charge in [-0.3, -0.25) is 14.3 Å². The van der Waals surface area contributed by atoms with E-state index in [2.05, 4.69) is 15.7 Å². The SMILES string of the molecule is Cn1cc2ccc(-c3cc(F)c(C(=O)N4CCNC(=O)C5(CC5)NCC4)c(F)c3)cc2n1. The Balaban J connectivity index is 1.40. The zero-order valence-electron chi connectivity index (χ0n) is 17.6. The van der Waals surface area contributed by atoms with Crippen molar-refractivity contribution in [2.75, 3.05) is 26.2 Å². The van der Waals surface area contributed by atoms with E-state index in [1.807, 2.05) is 12.3 Å². The Morgan fingerprint density at radius 1 is 1.06 bits per heavy atom. The van der Waals surface area contributed by atoms with E-state index in [4.69, 9.17) is 0 Å². The number of hydrogen-bond acceptors (Lipinski definition) is 4. The highest BCUT2D eigenvalue weighted by Gasteiger charge is 2.49. The van der Waals surface area contributed by atoms with E-state index in [0.29, 0.717) is 23.2 Å². The zero-order valence-corrected chi connectivity index (χ0v) is 17.6. The molecule has 2 heterocycles. The molecule has 166 valence electrons. The van der Waals surface area contributed by atoms with Crippen LogP contribution in [0.25, 0.3) is 22.0 Å². The predicted molar refractivity (Wildman–Crippen MR) is 115 cm³/mol. The molecule has 3 aromatic rings. The van der Waals surface area contributed by atoms with Crippen molar-refractivity contribution in [3.05, 3.63) is 53.7 Å². The number of aryl methyl sites for hydroxylation is 1. The third-order valence-corrected chi connectivity index (χ3v) is 6.20. The first-order valence-corrected chi connectivity index (χ1v) is 10.6. The molecule has 0 bridgehead atoms. The van der Waals surface area contributed by atoms with E-state index in [1.54, 1.807) is 23.9 Å². The van der Waals surface area contributed by atoms with Gasteiger partial charge in [-0.15, -0.1) is 0 Å². The molecule has 2 N–H and O–H groups in total. The highest BCUT2D eigenvalue weighted by molar-refractivity contribution is 5.96. The van der Waals surface area contributed by atoms with Gasteiger partial charge >= 0.3 is 0 Å². The van der Waals surface area contributed by atoms with Crippen LogP contribution in [-0.2, 0) is 11.8 Å².